The van der Waals surface area contributed by atoms with Gasteiger partial charge in [0.15, 0.2) is 5.76 Å². The van der Waals surface area contributed by atoms with Gasteiger partial charge in [-0.1, -0.05) is 47.6 Å². The molecule has 0 spiro atoms. The lowest BCUT2D eigenvalue weighted by Gasteiger charge is -2.13. The lowest BCUT2D eigenvalue weighted by Crippen LogP contribution is -2.28. The predicted molar refractivity (Wildman–Crippen MR) is 92.6 cm³/mol. The summed E-state index contributed by atoms with van der Waals surface area (Å²) in [5.74, 6) is 0.496. The van der Waals surface area contributed by atoms with Gasteiger partial charge < -0.3 is 9.84 Å². The number of nitrogens with one attached hydrogen (secondary N) is 1. The summed E-state index contributed by atoms with van der Waals surface area (Å²) in [6.07, 6.45) is 1.43. The second-order valence-corrected chi connectivity index (χ2v) is 6.14. The summed E-state index contributed by atoms with van der Waals surface area (Å²) in [7, 11) is 0. The van der Waals surface area contributed by atoms with Gasteiger partial charge in [-0.3, -0.25) is 4.79 Å². The third-order valence-electron chi connectivity index (χ3n) is 4.54. The molecule has 1 heterocycles. The topological polar surface area (TPSA) is 78.9 Å². The van der Waals surface area contributed by atoms with Crippen molar-refractivity contribution in [3.8, 4) is 17.4 Å². The van der Waals surface area contributed by atoms with Crippen LogP contribution in [0.1, 0.15) is 24.1 Å². The van der Waals surface area contributed by atoms with Crippen molar-refractivity contribution < 1.29 is 9.32 Å². The first-order valence-electron chi connectivity index (χ1n) is 8.06. The average molecular weight is 329 g/mol. The Morgan fingerprint density at radius 2 is 1.84 bits per heavy atom. The van der Waals surface area contributed by atoms with E-state index in [2.05, 4.69) is 16.5 Å². The molecule has 0 unspecified atom stereocenters. The molecular weight excluding hydrogens is 314 g/mol. The highest BCUT2D eigenvalue weighted by Gasteiger charge is 2.54. The molecule has 1 N–H and O–H groups in total. The van der Waals surface area contributed by atoms with Crippen molar-refractivity contribution in [2.45, 2.75) is 18.3 Å². The Bertz CT molecular complexity index is 966. The quantitative estimate of drug-likeness (QED) is 0.787. The van der Waals surface area contributed by atoms with Gasteiger partial charge in [-0.25, -0.2) is 0 Å². The molecule has 1 aromatic heterocycles. The Labute approximate surface area is 144 Å². The molecule has 0 radical (unpaired) electrons. The van der Waals surface area contributed by atoms with Gasteiger partial charge in [0, 0.05) is 11.6 Å². The van der Waals surface area contributed by atoms with Gasteiger partial charge in [-0.15, -0.1) is 0 Å². The zero-order valence-electron chi connectivity index (χ0n) is 13.4. The summed E-state index contributed by atoms with van der Waals surface area (Å²) in [5, 5.41) is 16.2. The molecule has 5 nitrogen and oxygen atoms in total. The van der Waals surface area contributed by atoms with Gasteiger partial charge in [-0.05, 0) is 25.0 Å². The molecule has 3 aromatic rings. The summed E-state index contributed by atoms with van der Waals surface area (Å²) in [4.78, 5) is 12.8. The molecule has 0 bridgehead atoms. The van der Waals surface area contributed by atoms with E-state index in [1.165, 1.54) is 0 Å². The number of carbonyl (C=O) groups is 1. The highest BCUT2D eigenvalue weighted by atomic mass is 16.5. The van der Waals surface area contributed by atoms with E-state index in [9.17, 15) is 4.79 Å². The van der Waals surface area contributed by atoms with Gasteiger partial charge in [-0.2, -0.15) is 5.26 Å². The van der Waals surface area contributed by atoms with E-state index in [4.69, 9.17) is 9.78 Å². The first-order chi connectivity index (χ1) is 12.2. The summed E-state index contributed by atoms with van der Waals surface area (Å²) in [5.41, 5.74) is 1.86. The number of nitrogens with zero attached hydrogens (tertiary/aromatic N) is 2. The van der Waals surface area contributed by atoms with E-state index in [0.717, 1.165) is 5.56 Å². The Morgan fingerprint density at radius 1 is 1.12 bits per heavy atom. The normalized spacial score (nSPS) is 14.5. The molecule has 5 heteroatoms. The Morgan fingerprint density at radius 3 is 2.56 bits per heavy atom. The van der Waals surface area contributed by atoms with Crippen LogP contribution < -0.4 is 5.32 Å². The highest BCUT2D eigenvalue weighted by Crippen LogP contribution is 2.49. The number of amides is 1. The summed E-state index contributed by atoms with van der Waals surface area (Å²) < 4.78 is 5.44. The fraction of sp³-hybridized carbons (Fsp3) is 0.150. The maximum atomic E-state index is 12.8. The molecule has 1 fully saturated rings. The molecule has 1 aliphatic carbocycles. The molecule has 0 atom stereocenters. The van der Waals surface area contributed by atoms with Crippen molar-refractivity contribution in [3.63, 3.8) is 0 Å². The standard InChI is InChI=1S/C20H15N3O2/c21-13-15-8-4-5-9-16(15)22-19(24)20(10-11-20)18-12-17(25-23-18)14-6-2-1-3-7-14/h1-9,12H,10-11H2,(H,22,24). The first kappa shape index (κ1) is 15.2. The minimum Gasteiger partial charge on any atom is -0.356 e. The van der Waals surface area contributed by atoms with E-state index in [1.807, 2.05) is 36.4 Å². The van der Waals surface area contributed by atoms with E-state index in [0.29, 0.717) is 35.5 Å². The van der Waals surface area contributed by atoms with Crippen LogP contribution in [0.25, 0.3) is 11.3 Å². The summed E-state index contributed by atoms with van der Waals surface area (Å²) >= 11 is 0. The lowest BCUT2D eigenvalue weighted by molar-refractivity contribution is -0.118. The number of aromatic nitrogens is 1. The number of nitriles is 1. The maximum Gasteiger partial charge on any atom is 0.236 e. The fourth-order valence-corrected chi connectivity index (χ4v) is 2.90. The van der Waals surface area contributed by atoms with Gasteiger partial charge in [0.25, 0.3) is 0 Å². The monoisotopic (exact) mass is 329 g/mol. The molecule has 1 saturated carbocycles. The zero-order chi connectivity index (χ0) is 17.3. The van der Waals surface area contributed by atoms with Crippen LogP contribution in [0.3, 0.4) is 0 Å². The van der Waals surface area contributed by atoms with Gasteiger partial charge in [0.1, 0.15) is 6.07 Å². The third kappa shape index (κ3) is 2.68. The average Bonchev–Trinajstić information content (AvgIpc) is 3.33. The molecule has 0 saturated heterocycles. The molecular formula is C20H15N3O2. The molecule has 4 rings (SSSR count). The largest absolute Gasteiger partial charge is 0.356 e. The number of rotatable bonds is 4. The second-order valence-electron chi connectivity index (χ2n) is 6.14. The van der Waals surface area contributed by atoms with Gasteiger partial charge in [0.05, 0.1) is 22.4 Å². The molecule has 2 aromatic carbocycles. The number of benzene rings is 2. The Balaban J connectivity index is 1.59. The molecule has 1 aliphatic rings. The van der Waals surface area contributed by atoms with Crippen LogP contribution in [0, 0.1) is 11.3 Å². The molecule has 1 amide bonds. The highest BCUT2D eigenvalue weighted by molar-refractivity contribution is 6.01. The maximum absolute atomic E-state index is 12.8. The van der Waals surface area contributed by atoms with Crippen LogP contribution in [0.15, 0.2) is 65.2 Å². The van der Waals surface area contributed by atoms with Crippen molar-refractivity contribution in [1.82, 2.24) is 5.16 Å². The van der Waals surface area contributed by atoms with Crippen molar-refractivity contribution >= 4 is 11.6 Å². The number of anilines is 1. The van der Waals surface area contributed by atoms with E-state index in [-0.39, 0.29) is 5.91 Å². The predicted octanol–water partition coefficient (Wildman–Crippen LogP) is 3.88. The van der Waals surface area contributed by atoms with Crippen molar-refractivity contribution in [2.75, 3.05) is 5.32 Å². The molecule has 122 valence electrons. The number of para-hydroxylation sites is 1. The minimum atomic E-state index is -0.668. The fourth-order valence-electron chi connectivity index (χ4n) is 2.90. The summed E-state index contributed by atoms with van der Waals surface area (Å²) in [6.45, 7) is 0. The van der Waals surface area contributed by atoms with Crippen LogP contribution in [-0.4, -0.2) is 11.1 Å². The summed E-state index contributed by atoms with van der Waals surface area (Å²) in [6, 6.07) is 20.5. The number of hydrogen-bond acceptors (Lipinski definition) is 4. The molecule has 25 heavy (non-hydrogen) atoms. The SMILES string of the molecule is N#Cc1ccccc1NC(=O)C1(c2cc(-c3ccccc3)on2)CC1. The van der Waals surface area contributed by atoms with E-state index >= 15 is 0 Å². The Hall–Kier alpha value is -3.39. The van der Waals surface area contributed by atoms with Crippen LogP contribution >= 0.6 is 0 Å². The van der Waals surface area contributed by atoms with Crippen LogP contribution in [0.5, 0.6) is 0 Å². The zero-order valence-corrected chi connectivity index (χ0v) is 13.4. The van der Waals surface area contributed by atoms with E-state index < -0.39 is 5.41 Å². The van der Waals surface area contributed by atoms with Gasteiger partial charge in [0.2, 0.25) is 5.91 Å². The number of hydrogen-bond donors (Lipinski definition) is 1. The smallest absolute Gasteiger partial charge is 0.236 e. The molecule has 0 aliphatic heterocycles. The number of carbonyl (C=O) groups excluding carboxylic acids is 1. The van der Waals surface area contributed by atoms with Crippen molar-refractivity contribution in [2.24, 2.45) is 0 Å². The van der Waals surface area contributed by atoms with Crippen LogP contribution in [-0.2, 0) is 10.2 Å². The van der Waals surface area contributed by atoms with Crippen LogP contribution in [0.2, 0.25) is 0 Å². The van der Waals surface area contributed by atoms with E-state index in [1.54, 1.807) is 24.3 Å². The van der Waals surface area contributed by atoms with Crippen LogP contribution in [0.4, 0.5) is 5.69 Å². The lowest BCUT2D eigenvalue weighted by atomic mass is 10.00. The second kappa shape index (κ2) is 5.91. The first-order valence-corrected chi connectivity index (χ1v) is 8.06. The van der Waals surface area contributed by atoms with Crippen molar-refractivity contribution in [3.05, 3.63) is 71.9 Å². The third-order valence-corrected chi connectivity index (χ3v) is 4.54. The van der Waals surface area contributed by atoms with Gasteiger partial charge >= 0.3 is 0 Å². The minimum absolute atomic E-state index is 0.150. The Kier molecular flexibility index (Phi) is 3.58. The van der Waals surface area contributed by atoms with Crippen molar-refractivity contribution in [1.29, 1.82) is 5.26 Å².